The van der Waals surface area contributed by atoms with Crippen molar-refractivity contribution < 1.29 is 4.79 Å². The molecule has 1 aliphatic rings. The molecule has 1 amide bonds. The van der Waals surface area contributed by atoms with Gasteiger partial charge in [-0.25, -0.2) is 4.98 Å². The lowest BCUT2D eigenvalue weighted by Gasteiger charge is -2.09. The summed E-state index contributed by atoms with van der Waals surface area (Å²) in [5.74, 6) is 2.06. The van der Waals surface area contributed by atoms with Crippen molar-refractivity contribution in [3.8, 4) is 0 Å². The largest absolute Gasteiger partial charge is 0.370 e. The molecule has 2 atom stereocenters. The summed E-state index contributed by atoms with van der Waals surface area (Å²) in [4.78, 5) is 16.2. The zero-order valence-corrected chi connectivity index (χ0v) is 10.4. The lowest BCUT2D eigenvalue weighted by molar-refractivity contribution is 0.0952. The van der Waals surface area contributed by atoms with Crippen LogP contribution in [0.5, 0.6) is 0 Å². The van der Waals surface area contributed by atoms with Crippen LogP contribution in [0.2, 0.25) is 0 Å². The van der Waals surface area contributed by atoms with Crippen molar-refractivity contribution in [1.29, 1.82) is 0 Å². The number of aromatic nitrogens is 1. The van der Waals surface area contributed by atoms with Gasteiger partial charge in [-0.3, -0.25) is 4.79 Å². The third-order valence-corrected chi connectivity index (χ3v) is 3.20. The zero-order chi connectivity index (χ0) is 12.3. The summed E-state index contributed by atoms with van der Waals surface area (Å²) >= 11 is 0. The van der Waals surface area contributed by atoms with Gasteiger partial charge in [0, 0.05) is 19.3 Å². The average molecular weight is 233 g/mol. The molecule has 0 spiro atoms. The lowest BCUT2D eigenvalue weighted by Crippen LogP contribution is -2.27. The SMILES string of the molecule is CCNc1ncccc1C(=O)NCC1CC1C. The minimum atomic E-state index is -0.0341. The maximum Gasteiger partial charge on any atom is 0.255 e. The summed E-state index contributed by atoms with van der Waals surface area (Å²) in [6.45, 7) is 5.74. The minimum Gasteiger partial charge on any atom is -0.370 e. The highest BCUT2D eigenvalue weighted by molar-refractivity contribution is 5.98. The fourth-order valence-corrected chi connectivity index (χ4v) is 1.90. The second-order valence-electron chi connectivity index (χ2n) is 4.61. The van der Waals surface area contributed by atoms with E-state index < -0.39 is 0 Å². The maximum absolute atomic E-state index is 12.0. The summed E-state index contributed by atoms with van der Waals surface area (Å²) < 4.78 is 0. The van der Waals surface area contributed by atoms with Crippen LogP contribution in [0.15, 0.2) is 18.3 Å². The van der Waals surface area contributed by atoms with Gasteiger partial charge in [-0.05, 0) is 37.3 Å². The average Bonchev–Trinajstić information content (AvgIpc) is 3.03. The molecular formula is C13H19N3O. The van der Waals surface area contributed by atoms with Gasteiger partial charge in [-0.15, -0.1) is 0 Å². The Balaban J connectivity index is 1.97. The Labute approximate surface area is 102 Å². The second kappa shape index (κ2) is 5.17. The van der Waals surface area contributed by atoms with Crippen molar-refractivity contribution in [3.05, 3.63) is 23.9 Å². The Morgan fingerprint density at radius 3 is 3.00 bits per heavy atom. The molecule has 1 aliphatic carbocycles. The molecule has 0 radical (unpaired) electrons. The molecule has 92 valence electrons. The summed E-state index contributed by atoms with van der Waals surface area (Å²) in [7, 11) is 0. The van der Waals surface area contributed by atoms with Crippen LogP contribution < -0.4 is 10.6 Å². The van der Waals surface area contributed by atoms with Crippen LogP contribution in [0.25, 0.3) is 0 Å². The van der Waals surface area contributed by atoms with E-state index in [2.05, 4.69) is 22.5 Å². The van der Waals surface area contributed by atoms with E-state index in [1.54, 1.807) is 18.3 Å². The van der Waals surface area contributed by atoms with Crippen LogP contribution >= 0.6 is 0 Å². The first-order valence-electron chi connectivity index (χ1n) is 6.19. The smallest absolute Gasteiger partial charge is 0.255 e. The van der Waals surface area contributed by atoms with Gasteiger partial charge in [-0.2, -0.15) is 0 Å². The van der Waals surface area contributed by atoms with Crippen LogP contribution in [0.3, 0.4) is 0 Å². The first-order valence-corrected chi connectivity index (χ1v) is 6.19. The van der Waals surface area contributed by atoms with Crippen LogP contribution in [0.4, 0.5) is 5.82 Å². The molecule has 1 heterocycles. The van der Waals surface area contributed by atoms with E-state index in [-0.39, 0.29) is 5.91 Å². The lowest BCUT2D eigenvalue weighted by atomic mass is 10.2. The monoisotopic (exact) mass is 233 g/mol. The van der Waals surface area contributed by atoms with Gasteiger partial charge in [0.05, 0.1) is 5.56 Å². The molecule has 0 bridgehead atoms. The van der Waals surface area contributed by atoms with Gasteiger partial charge in [0.2, 0.25) is 0 Å². The summed E-state index contributed by atoms with van der Waals surface area (Å²) in [5, 5.41) is 6.07. The molecule has 2 unspecified atom stereocenters. The van der Waals surface area contributed by atoms with Crippen molar-refractivity contribution in [2.24, 2.45) is 11.8 Å². The van der Waals surface area contributed by atoms with Crippen LogP contribution in [0, 0.1) is 11.8 Å². The molecule has 1 fully saturated rings. The first kappa shape index (κ1) is 11.9. The number of carbonyl (C=O) groups excluding carboxylic acids is 1. The van der Waals surface area contributed by atoms with E-state index in [1.807, 2.05) is 6.92 Å². The molecule has 17 heavy (non-hydrogen) atoms. The van der Waals surface area contributed by atoms with Crippen molar-refractivity contribution >= 4 is 11.7 Å². The minimum absolute atomic E-state index is 0.0341. The zero-order valence-electron chi connectivity index (χ0n) is 10.4. The molecule has 0 saturated heterocycles. The quantitative estimate of drug-likeness (QED) is 0.816. The highest BCUT2D eigenvalue weighted by atomic mass is 16.1. The summed E-state index contributed by atoms with van der Waals surface area (Å²) in [5.41, 5.74) is 0.627. The first-order chi connectivity index (χ1) is 8.22. The molecular weight excluding hydrogens is 214 g/mol. The normalized spacial score (nSPS) is 22.0. The number of hydrogen-bond acceptors (Lipinski definition) is 3. The maximum atomic E-state index is 12.0. The number of pyridine rings is 1. The van der Waals surface area contributed by atoms with E-state index in [0.29, 0.717) is 17.3 Å². The predicted molar refractivity (Wildman–Crippen MR) is 68.0 cm³/mol. The van der Waals surface area contributed by atoms with E-state index in [0.717, 1.165) is 19.0 Å². The van der Waals surface area contributed by atoms with E-state index in [1.165, 1.54) is 6.42 Å². The van der Waals surface area contributed by atoms with E-state index in [4.69, 9.17) is 0 Å². The highest BCUT2D eigenvalue weighted by Gasteiger charge is 2.32. The molecule has 1 aromatic heterocycles. The molecule has 4 nitrogen and oxygen atoms in total. The number of amides is 1. The third-order valence-electron chi connectivity index (χ3n) is 3.20. The molecule has 1 saturated carbocycles. The Bertz CT molecular complexity index is 405. The Morgan fingerprint density at radius 2 is 2.35 bits per heavy atom. The molecule has 1 aromatic rings. The molecule has 2 rings (SSSR count). The van der Waals surface area contributed by atoms with Crippen LogP contribution in [0.1, 0.15) is 30.6 Å². The van der Waals surface area contributed by atoms with Gasteiger partial charge in [0.15, 0.2) is 0 Å². The number of rotatable bonds is 5. The molecule has 4 heteroatoms. The van der Waals surface area contributed by atoms with Crippen molar-refractivity contribution in [3.63, 3.8) is 0 Å². The number of anilines is 1. The Kier molecular flexibility index (Phi) is 3.61. The fraction of sp³-hybridized carbons (Fsp3) is 0.538. The summed E-state index contributed by atoms with van der Waals surface area (Å²) in [6.07, 6.45) is 2.92. The Hall–Kier alpha value is -1.58. The van der Waals surface area contributed by atoms with Crippen LogP contribution in [-0.4, -0.2) is 24.0 Å². The number of hydrogen-bond donors (Lipinski definition) is 2. The Morgan fingerprint density at radius 1 is 1.59 bits per heavy atom. The number of nitrogens with zero attached hydrogens (tertiary/aromatic N) is 1. The standard InChI is InChI=1S/C13H19N3O/c1-3-14-12-11(5-4-6-15-12)13(17)16-8-10-7-9(10)2/h4-6,9-10H,3,7-8H2,1-2H3,(H,14,15)(H,16,17). The number of carbonyl (C=O) groups is 1. The van der Waals surface area contributed by atoms with Gasteiger partial charge >= 0.3 is 0 Å². The van der Waals surface area contributed by atoms with E-state index in [9.17, 15) is 4.79 Å². The number of nitrogens with one attached hydrogen (secondary N) is 2. The van der Waals surface area contributed by atoms with Crippen molar-refractivity contribution in [2.75, 3.05) is 18.4 Å². The van der Waals surface area contributed by atoms with Crippen molar-refractivity contribution in [1.82, 2.24) is 10.3 Å². The highest BCUT2D eigenvalue weighted by Crippen LogP contribution is 2.36. The molecule has 0 aliphatic heterocycles. The predicted octanol–water partition coefficient (Wildman–Crippen LogP) is 1.90. The molecule has 2 N–H and O–H groups in total. The van der Waals surface area contributed by atoms with Gasteiger partial charge in [0.1, 0.15) is 5.82 Å². The summed E-state index contributed by atoms with van der Waals surface area (Å²) in [6, 6.07) is 3.59. The van der Waals surface area contributed by atoms with Crippen molar-refractivity contribution in [2.45, 2.75) is 20.3 Å². The van der Waals surface area contributed by atoms with E-state index >= 15 is 0 Å². The topological polar surface area (TPSA) is 54.0 Å². The van der Waals surface area contributed by atoms with Gasteiger partial charge in [-0.1, -0.05) is 6.92 Å². The van der Waals surface area contributed by atoms with Gasteiger partial charge < -0.3 is 10.6 Å². The fourth-order valence-electron chi connectivity index (χ4n) is 1.90. The third kappa shape index (κ3) is 2.96. The van der Waals surface area contributed by atoms with Gasteiger partial charge in [0.25, 0.3) is 5.91 Å². The molecule has 0 aromatic carbocycles. The second-order valence-corrected chi connectivity index (χ2v) is 4.61. The van der Waals surface area contributed by atoms with Crippen LogP contribution in [-0.2, 0) is 0 Å².